The molecular weight excluding hydrogens is 279 g/mol. The molecular formula is C14H14O2Se. The summed E-state index contributed by atoms with van der Waals surface area (Å²) in [5.74, 6) is 1.89. The summed E-state index contributed by atoms with van der Waals surface area (Å²) in [5.41, 5.74) is 0. The van der Waals surface area contributed by atoms with Gasteiger partial charge in [-0.25, -0.2) is 0 Å². The standard InChI is InChI=1S/C14H14O2Se/c1-15-11-7-3-5-9-13(11)17-14-10-6-4-8-12(14)16-2/h3-10H,1-2H3. The Morgan fingerprint density at radius 1 is 0.706 bits per heavy atom. The van der Waals surface area contributed by atoms with Gasteiger partial charge in [-0.3, -0.25) is 0 Å². The molecule has 0 amide bonds. The van der Waals surface area contributed by atoms with Gasteiger partial charge in [0.25, 0.3) is 0 Å². The van der Waals surface area contributed by atoms with E-state index in [1.807, 2.05) is 36.4 Å². The summed E-state index contributed by atoms with van der Waals surface area (Å²) in [6, 6.07) is 16.2. The summed E-state index contributed by atoms with van der Waals surface area (Å²) in [4.78, 5) is 0. The molecule has 2 aromatic rings. The maximum absolute atomic E-state index is 5.37. The van der Waals surface area contributed by atoms with Crippen LogP contribution in [0.1, 0.15) is 0 Å². The molecule has 17 heavy (non-hydrogen) atoms. The van der Waals surface area contributed by atoms with Crippen LogP contribution in [0.4, 0.5) is 0 Å². The molecule has 0 unspecified atom stereocenters. The van der Waals surface area contributed by atoms with Crippen molar-refractivity contribution in [2.24, 2.45) is 0 Å². The van der Waals surface area contributed by atoms with Crippen LogP contribution in [0.5, 0.6) is 11.5 Å². The zero-order chi connectivity index (χ0) is 12.1. The predicted octanol–water partition coefficient (Wildman–Crippen LogP) is 1.36. The maximum atomic E-state index is 5.37. The van der Waals surface area contributed by atoms with E-state index < -0.39 is 0 Å². The molecule has 3 heteroatoms. The monoisotopic (exact) mass is 294 g/mol. The summed E-state index contributed by atoms with van der Waals surface area (Å²) in [5, 5.41) is 0. The molecule has 88 valence electrons. The van der Waals surface area contributed by atoms with Crippen molar-refractivity contribution in [3.05, 3.63) is 48.5 Å². The molecule has 0 aliphatic heterocycles. The van der Waals surface area contributed by atoms with Crippen molar-refractivity contribution in [1.82, 2.24) is 0 Å². The van der Waals surface area contributed by atoms with Gasteiger partial charge in [0.05, 0.1) is 0 Å². The normalized spacial score (nSPS) is 10.0. The third kappa shape index (κ3) is 2.82. The molecule has 2 nitrogen and oxygen atoms in total. The van der Waals surface area contributed by atoms with Crippen LogP contribution in [0.15, 0.2) is 48.5 Å². The zero-order valence-electron chi connectivity index (χ0n) is 9.84. The van der Waals surface area contributed by atoms with Gasteiger partial charge >= 0.3 is 108 Å². The molecule has 2 rings (SSSR count). The predicted molar refractivity (Wildman–Crippen MR) is 71.0 cm³/mol. The van der Waals surface area contributed by atoms with E-state index in [0.717, 1.165) is 11.5 Å². The Labute approximate surface area is 108 Å². The summed E-state index contributed by atoms with van der Waals surface area (Å²) in [7, 11) is 3.41. The Kier molecular flexibility index (Phi) is 4.07. The van der Waals surface area contributed by atoms with Crippen molar-refractivity contribution in [3.8, 4) is 11.5 Å². The number of hydrogen-bond acceptors (Lipinski definition) is 2. The number of methoxy groups -OCH3 is 2. The van der Waals surface area contributed by atoms with E-state index in [-0.39, 0.29) is 15.0 Å². The fourth-order valence-corrected chi connectivity index (χ4v) is 3.69. The summed E-state index contributed by atoms with van der Waals surface area (Å²) in [6.45, 7) is 0. The second-order valence-corrected chi connectivity index (χ2v) is 5.68. The molecule has 0 saturated carbocycles. The summed E-state index contributed by atoms with van der Waals surface area (Å²) < 4.78 is 13.2. The van der Waals surface area contributed by atoms with Gasteiger partial charge in [0.15, 0.2) is 0 Å². The molecule has 0 aliphatic rings. The third-order valence-electron chi connectivity index (χ3n) is 2.36. The van der Waals surface area contributed by atoms with Crippen LogP contribution >= 0.6 is 0 Å². The Morgan fingerprint density at radius 2 is 1.12 bits per heavy atom. The molecule has 0 spiro atoms. The third-order valence-corrected chi connectivity index (χ3v) is 4.70. The Bertz CT molecular complexity index is 452. The van der Waals surface area contributed by atoms with E-state index in [1.54, 1.807) is 14.2 Å². The van der Waals surface area contributed by atoms with E-state index >= 15 is 0 Å². The van der Waals surface area contributed by atoms with E-state index in [1.165, 1.54) is 8.92 Å². The first-order valence-corrected chi connectivity index (χ1v) is 7.00. The molecule has 2 aromatic carbocycles. The Morgan fingerprint density at radius 3 is 1.53 bits per heavy atom. The number of hydrogen-bond donors (Lipinski definition) is 0. The quantitative estimate of drug-likeness (QED) is 0.793. The number of ether oxygens (including phenoxy) is 2. The van der Waals surface area contributed by atoms with Crippen LogP contribution < -0.4 is 18.4 Å². The van der Waals surface area contributed by atoms with Crippen molar-refractivity contribution < 1.29 is 9.47 Å². The first-order valence-electron chi connectivity index (χ1n) is 5.29. The minimum absolute atomic E-state index is 0.194. The van der Waals surface area contributed by atoms with Crippen LogP contribution in [0, 0.1) is 0 Å². The van der Waals surface area contributed by atoms with Gasteiger partial charge < -0.3 is 0 Å². The number of para-hydroxylation sites is 2. The van der Waals surface area contributed by atoms with Crippen molar-refractivity contribution in [3.63, 3.8) is 0 Å². The SMILES string of the molecule is COc1ccccc1[Se]c1ccccc1OC. The fourth-order valence-electron chi connectivity index (χ4n) is 1.52. The van der Waals surface area contributed by atoms with Crippen LogP contribution in [0.3, 0.4) is 0 Å². The molecule has 0 aromatic heterocycles. The van der Waals surface area contributed by atoms with Gasteiger partial charge in [-0.1, -0.05) is 0 Å². The van der Waals surface area contributed by atoms with Gasteiger partial charge in [0.1, 0.15) is 0 Å². The molecule has 0 aliphatic carbocycles. The second-order valence-electron chi connectivity index (χ2n) is 3.40. The fraction of sp³-hybridized carbons (Fsp3) is 0.143. The second kappa shape index (κ2) is 5.76. The average molecular weight is 293 g/mol. The van der Waals surface area contributed by atoms with Gasteiger partial charge in [-0.15, -0.1) is 0 Å². The Balaban J connectivity index is 2.31. The van der Waals surface area contributed by atoms with E-state index in [2.05, 4.69) is 12.1 Å². The van der Waals surface area contributed by atoms with Crippen molar-refractivity contribution in [1.29, 1.82) is 0 Å². The van der Waals surface area contributed by atoms with Gasteiger partial charge in [-0.2, -0.15) is 0 Å². The van der Waals surface area contributed by atoms with Crippen LogP contribution in [0.2, 0.25) is 0 Å². The Hall–Kier alpha value is -1.44. The van der Waals surface area contributed by atoms with Crippen molar-refractivity contribution in [2.75, 3.05) is 14.2 Å². The van der Waals surface area contributed by atoms with Gasteiger partial charge in [-0.05, 0) is 0 Å². The van der Waals surface area contributed by atoms with E-state index in [9.17, 15) is 0 Å². The summed E-state index contributed by atoms with van der Waals surface area (Å²) >= 11 is 0.194. The average Bonchev–Trinajstić information content (AvgIpc) is 2.40. The molecule has 0 N–H and O–H groups in total. The molecule has 0 fully saturated rings. The zero-order valence-corrected chi connectivity index (χ0v) is 11.6. The van der Waals surface area contributed by atoms with E-state index in [0.29, 0.717) is 0 Å². The molecule has 0 saturated heterocycles. The van der Waals surface area contributed by atoms with E-state index in [4.69, 9.17) is 9.47 Å². The summed E-state index contributed by atoms with van der Waals surface area (Å²) in [6.07, 6.45) is 0. The van der Waals surface area contributed by atoms with Crippen molar-refractivity contribution >= 4 is 23.9 Å². The molecule has 0 heterocycles. The van der Waals surface area contributed by atoms with Gasteiger partial charge in [0, 0.05) is 0 Å². The minimum atomic E-state index is 0.194. The first kappa shape index (κ1) is 12.0. The molecule has 0 atom stereocenters. The number of benzene rings is 2. The first-order chi connectivity index (χ1) is 8.35. The van der Waals surface area contributed by atoms with Crippen molar-refractivity contribution in [2.45, 2.75) is 0 Å². The van der Waals surface area contributed by atoms with Crippen LogP contribution in [0.25, 0.3) is 0 Å². The molecule has 0 bridgehead atoms. The van der Waals surface area contributed by atoms with Crippen LogP contribution in [-0.2, 0) is 0 Å². The topological polar surface area (TPSA) is 18.5 Å². The van der Waals surface area contributed by atoms with Crippen LogP contribution in [-0.4, -0.2) is 29.2 Å². The van der Waals surface area contributed by atoms with Gasteiger partial charge in [0.2, 0.25) is 0 Å². The number of rotatable bonds is 4. The molecule has 0 radical (unpaired) electrons.